The number of carbonyl (C=O) groups excluding carboxylic acids is 1. The Bertz CT molecular complexity index is 977. The predicted octanol–water partition coefficient (Wildman–Crippen LogP) is 2.00. The number of sulfonamides is 1. The molecule has 2 aromatic carbocycles. The Balaban J connectivity index is 1.77. The maximum Gasteiger partial charge on any atom is 0.238 e. The molecule has 0 fully saturated rings. The topological polar surface area (TPSA) is 105 Å². The van der Waals surface area contributed by atoms with Gasteiger partial charge < -0.3 is 10.3 Å². The second-order valence-electron chi connectivity index (χ2n) is 5.16. The summed E-state index contributed by atoms with van der Waals surface area (Å²) in [6.07, 6.45) is 1.98. The van der Waals surface area contributed by atoms with E-state index in [0.29, 0.717) is 5.69 Å². The minimum Gasteiger partial charge on any atom is -0.361 e. The molecule has 1 amide bonds. The lowest BCUT2D eigenvalue weighted by atomic mass is 10.1. The van der Waals surface area contributed by atoms with E-state index in [-0.39, 0.29) is 17.2 Å². The Kier molecular flexibility index (Phi) is 3.89. The zero-order valence-electron chi connectivity index (χ0n) is 12.1. The fourth-order valence-corrected chi connectivity index (χ4v) is 2.97. The number of hydrogen-bond donors (Lipinski definition) is 3. The number of hydrogen-bond acceptors (Lipinski definition) is 3. The zero-order valence-corrected chi connectivity index (χ0v) is 12.9. The fourth-order valence-electron chi connectivity index (χ4n) is 2.41. The van der Waals surface area contributed by atoms with Crippen LogP contribution in [0.1, 0.15) is 5.56 Å². The predicted molar refractivity (Wildman–Crippen MR) is 88.4 cm³/mol. The first-order valence-corrected chi connectivity index (χ1v) is 8.46. The van der Waals surface area contributed by atoms with Gasteiger partial charge in [0.15, 0.2) is 0 Å². The van der Waals surface area contributed by atoms with Crippen LogP contribution < -0.4 is 10.5 Å². The van der Waals surface area contributed by atoms with Crippen molar-refractivity contribution in [1.29, 1.82) is 0 Å². The average molecular weight is 329 g/mol. The van der Waals surface area contributed by atoms with Gasteiger partial charge in [-0.2, -0.15) is 0 Å². The molecule has 0 aliphatic carbocycles. The molecule has 3 rings (SSSR count). The highest BCUT2D eigenvalue weighted by Crippen LogP contribution is 2.19. The first-order valence-electron chi connectivity index (χ1n) is 6.91. The van der Waals surface area contributed by atoms with Gasteiger partial charge in [-0.1, -0.05) is 24.3 Å². The third-order valence-electron chi connectivity index (χ3n) is 3.47. The summed E-state index contributed by atoms with van der Waals surface area (Å²) in [7, 11) is -3.80. The van der Waals surface area contributed by atoms with Crippen molar-refractivity contribution in [3.63, 3.8) is 0 Å². The molecule has 0 spiro atoms. The van der Waals surface area contributed by atoms with Crippen LogP contribution in [0.5, 0.6) is 0 Å². The highest BCUT2D eigenvalue weighted by atomic mass is 32.2. The van der Waals surface area contributed by atoms with Crippen LogP contribution >= 0.6 is 0 Å². The number of H-pyrrole nitrogens is 1. The second kappa shape index (κ2) is 5.86. The van der Waals surface area contributed by atoms with E-state index in [1.165, 1.54) is 18.2 Å². The molecule has 3 aromatic rings. The molecule has 118 valence electrons. The van der Waals surface area contributed by atoms with Crippen molar-refractivity contribution >= 4 is 32.5 Å². The number of anilines is 1. The van der Waals surface area contributed by atoms with Gasteiger partial charge in [0.1, 0.15) is 0 Å². The zero-order chi connectivity index (χ0) is 16.4. The molecule has 4 N–H and O–H groups in total. The standard InChI is InChI=1S/C16H15N3O3S/c17-23(21,22)13-5-3-4-12(9-13)19-16(20)8-11-10-18-15-7-2-1-6-14(11)15/h1-7,9-10,18H,8H2,(H,19,20)(H2,17,21,22). The number of benzene rings is 2. The Morgan fingerprint density at radius 1 is 1.13 bits per heavy atom. The number of nitrogens with two attached hydrogens (primary N) is 1. The van der Waals surface area contributed by atoms with E-state index < -0.39 is 10.0 Å². The molecule has 0 aliphatic rings. The van der Waals surface area contributed by atoms with E-state index in [0.717, 1.165) is 16.5 Å². The van der Waals surface area contributed by atoms with Gasteiger partial charge >= 0.3 is 0 Å². The van der Waals surface area contributed by atoms with Crippen LogP contribution in [0.2, 0.25) is 0 Å². The van der Waals surface area contributed by atoms with Gasteiger partial charge in [0.05, 0.1) is 11.3 Å². The van der Waals surface area contributed by atoms with Gasteiger partial charge in [-0.3, -0.25) is 4.79 Å². The number of carbonyl (C=O) groups is 1. The molecule has 6 nitrogen and oxygen atoms in total. The third-order valence-corrected chi connectivity index (χ3v) is 4.38. The maximum atomic E-state index is 12.2. The van der Waals surface area contributed by atoms with Crippen molar-refractivity contribution in [2.75, 3.05) is 5.32 Å². The van der Waals surface area contributed by atoms with Crippen molar-refractivity contribution in [3.05, 3.63) is 60.3 Å². The molecule has 0 unspecified atom stereocenters. The van der Waals surface area contributed by atoms with Gasteiger partial charge in [-0.25, -0.2) is 13.6 Å². The second-order valence-corrected chi connectivity index (χ2v) is 6.72. The largest absolute Gasteiger partial charge is 0.361 e. The van der Waals surface area contributed by atoms with Gasteiger partial charge in [0, 0.05) is 22.8 Å². The molecule has 0 atom stereocenters. The number of aromatic amines is 1. The molecule has 7 heteroatoms. The summed E-state index contributed by atoms with van der Waals surface area (Å²) in [4.78, 5) is 15.2. The Morgan fingerprint density at radius 3 is 2.70 bits per heavy atom. The van der Waals surface area contributed by atoms with Gasteiger partial charge in [-0.15, -0.1) is 0 Å². The van der Waals surface area contributed by atoms with Crippen LogP contribution in [-0.2, 0) is 21.2 Å². The summed E-state index contributed by atoms with van der Waals surface area (Å²) < 4.78 is 22.7. The van der Waals surface area contributed by atoms with E-state index >= 15 is 0 Å². The van der Waals surface area contributed by atoms with Crippen molar-refractivity contribution in [2.45, 2.75) is 11.3 Å². The molecular formula is C16H15N3O3S. The van der Waals surface area contributed by atoms with E-state index in [2.05, 4.69) is 10.3 Å². The lowest BCUT2D eigenvalue weighted by Gasteiger charge is -2.06. The quantitative estimate of drug-likeness (QED) is 0.681. The van der Waals surface area contributed by atoms with Crippen LogP contribution in [0.3, 0.4) is 0 Å². The minimum atomic E-state index is -3.80. The lowest BCUT2D eigenvalue weighted by Crippen LogP contribution is -2.16. The van der Waals surface area contributed by atoms with E-state index in [9.17, 15) is 13.2 Å². The van der Waals surface area contributed by atoms with Crippen LogP contribution in [0, 0.1) is 0 Å². The molecule has 0 saturated heterocycles. The van der Waals surface area contributed by atoms with E-state index in [1.807, 2.05) is 24.3 Å². The summed E-state index contributed by atoms with van der Waals surface area (Å²) in [5.41, 5.74) is 2.23. The number of rotatable bonds is 4. The summed E-state index contributed by atoms with van der Waals surface area (Å²) in [5, 5.41) is 8.76. The summed E-state index contributed by atoms with van der Waals surface area (Å²) >= 11 is 0. The molecular weight excluding hydrogens is 314 g/mol. The van der Waals surface area contributed by atoms with Crippen LogP contribution in [0.25, 0.3) is 10.9 Å². The first kappa shape index (κ1) is 15.3. The maximum absolute atomic E-state index is 12.2. The fraction of sp³-hybridized carbons (Fsp3) is 0.0625. The molecule has 23 heavy (non-hydrogen) atoms. The highest BCUT2D eigenvalue weighted by Gasteiger charge is 2.11. The third kappa shape index (κ3) is 3.41. The molecule has 1 heterocycles. The van der Waals surface area contributed by atoms with Crippen LogP contribution in [-0.4, -0.2) is 19.3 Å². The minimum absolute atomic E-state index is 0.0394. The van der Waals surface area contributed by atoms with Crippen molar-refractivity contribution in [3.8, 4) is 0 Å². The molecule has 0 saturated carbocycles. The lowest BCUT2D eigenvalue weighted by molar-refractivity contribution is -0.115. The average Bonchev–Trinajstić information content (AvgIpc) is 2.90. The van der Waals surface area contributed by atoms with Crippen molar-refractivity contribution in [2.24, 2.45) is 5.14 Å². The summed E-state index contributed by atoms with van der Waals surface area (Å²) in [6, 6.07) is 13.6. The van der Waals surface area contributed by atoms with Gasteiger partial charge in [0.25, 0.3) is 0 Å². The smallest absolute Gasteiger partial charge is 0.238 e. The normalized spacial score (nSPS) is 11.5. The molecule has 1 aromatic heterocycles. The number of fused-ring (bicyclic) bond motifs is 1. The number of amides is 1. The monoisotopic (exact) mass is 329 g/mol. The number of nitrogens with one attached hydrogen (secondary N) is 2. The van der Waals surface area contributed by atoms with Gasteiger partial charge in [-0.05, 0) is 29.8 Å². The Morgan fingerprint density at radius 2 is 1.91 bits per heavy atom. The summed E-state index contributed by atoms with van der Waals surface area (Å²) in [6.45, 7) is 0. The van der Waals surface area contributed by atoms with Crippen molar-refractivity contribution < 1.29 is 13.2 Å². The highest BCUT2D eigenvalue weighted by molar-refractivity contribution is 7.89. The van der Waals surface area contributed by atoms with Crippen molar-refractivity contribution in [1.82, 2.24) is 4.98 Å². The first-order chi connectivity index (χ1) is 10.9. The Labute approximate surface area is 133 Å². The van der Waals surface area contributed by atoms with Crippen LogP contribution in [0.4, 0.5) is 5.69 Å². The number of aromatic nitrogens is 1. The summed E-state index contributed by atoms with van der Waals surface area (Å²) in [5.74, 6) is -0.235. The number of para-hydroxylation sites is 1. The Hall–Kier alpha value is -2.64. The molecule has 0 radical (unpaired) electrons. The van der Waals surface area contributed by atoms with E-state index in [1.54, 1.807) is 12.3 Å². The molecule has 0 aliphatic heterocycles. The molecule has 0 bridgehead atoms. The van der Waals surface area contributed by atoms with E-state index in [4.69, 9.17) is 5.14 Å². The number of primary sulfonamides is 1. The SMILES string of the molecule is NS(=O)(=O)c1cccc(NC(=O)Cc2c[nH]c3ccccc23)c1. The van der Waals surface area contributed by atoms with Gasteiger partial charge in [0.2, 0.25) is 15.9 Å². The van der Waals surface area contributed by atoms with Crippen LogP contribution in [0.15, 0.2) is 59.6 Å².